The van der Waals surface area contributed by atoms with Gasteiger partial charge in [-0.1, -0.05) is 39.8 Å². The molecule has 0 aliphatic heterocycles. The number of hydrogen-bond donors (Lipinski definition) is 1. The third-order valence-corrected chi connectivity index (χ3v) is 4.81. The molecule has 0 radical (unpaired) electrons. The maximum absolute atomic E-state index is 10.1. The van der Waals surface area contributed by atoms with Crippen LogP contribution in [0.25, 0.3) is 0 Å². The van der Waals surface area contributed by atoms with Gasteiger partial charge >= 0.3 is 0 Å². The highest BCUT2D eigenvalue weighted by molar-refractivity contribution is 5.46. The summed E-state index contributed by atoms with van der Waals surface area (Å²) in [5.74, 6) is 0.478. The molecule has 0 heterocycles. The summed E-state index contributed by atoms with van der Waals surface area (Å²) in [6, 6.07) is 6.60. The first kappa shape index (κ1) is 15.4. The standard InChI is InChI=1S/C18H29NO/c1-5-12-19(13-6-2)17-11-10-14-15(18(17,3)4)8-7-9-16(14)20/h7-9,17,20H,5-6,10-13H2,1-4H3. The summed E-state index contributed by atoms with van der Waals surface area (Å²) in [4.78, 5) is 2.66. The lowest BCUT2D eigenvalue weighted by atomic mass is 9.68. The molecule has 0 saturated carbocycles. The van der Waals surface area contributed by atoms with Crippen molar-refractivity contribution in [1.82, 2.24) is 4.90 Å². The van der Waals surface area contributed by atoms with Gasteiger partial charge in [-0.05, 0) is 56.0 Å². The Morgan fingerprint density at radius 3 is 2.45 bits per heavy atom. The summed E-state index contributed by atoms with van der Waals surface area (Å²) in [5, 5.41) is 10.1. The summed E-state index contributed by atoms with van der Waals surface area (Å²) in [6.45, 7) is 11.6. The third kappa shape index (κ3) is 2.71. The average Bonchev–Trinajstić information content (AvgIpc) is 2.40. The van der Waals surface area contributed by atoms with Crippen LogP contribution in [0.5, 0.6) is 5.75 Å². The minimum absolute atomic E-state index is 0.108. The van der Waals surface area contributed by atoms with Gasteiger partial charge in [0.1, 0.15) is 5.75 Å². The van der Waals surface area contributed by atoms with E-state index >= 15 is 0 Å². The molecule has 2 heteroatoms. The molecule has 1 aromatic carbocycles. The van der Waals surface area contributed by atoms with E-state index in [2.05, 4.69) is 38.7 Å². The van der Waals surface area contributed by atoms with Crippen molar-refractivity contribution in [3.63, 3.8) is 0 Å². The summed E-state index contributed by atoms with van der Waals surface area (Å²) < 4.78 is 0. The third-order valence-electron chi connectivity index (χ3n) is 4.81. The number of phenolic OH excluding ortho intramolecular Hbond substituents is 1. The lowest BCUT2D eigenvalue weighted by molar-refractivity contribution is 0.115. The predicted molar refractivity (Wildman–Crippen MR) is 85.4 cm³/mol. The highest BCUT2D eigenvalue weighted by atomic mass is 16.3. The Hall–Kier alpha value is -1.02. The Bertz CT molecular complexity index is 447. The fraction of sp³-hybridized carbons (Fsp3) is 0.667. The molecular formula is C18H29NO. The highest BCUT2D eigenvalue weighted by Gasteiger charge is 2.40. The second kappa shape index (κ2) is 6.17. The Labute approximate surface area is 123 Å². The molecular weight excluding hydrogens is 246 g/mol. The first-order valence-electron chi connectivity index (χ1n) is 8.07. The van der Waals surface area contributed by atoms with Crippen LogP contribution >= 0.6 is 0 Å². The molecule has 0 aromatic heterocycles. The van der Waals surface area contributed by atoms with Crippen molar-refractivity contribution < 1.29 is 5.11 Å². The Morgan fingerprint density at radius 1 is 1.20 bits per heavy atom. The van der Waals surface area contributed by atoms with E-state index in [1.165, 1.54) is 37.1 Å². The molecule has 1 unspecified atom stereocenters. The van der Waals surface area contributed by atoms with Crippen LogP contribution in [0.4, 0.5) is 0 Å². The Morgan fingerprint density at radius 2 is 1.85 bits per heavy atom. The lowest BCUT2D eigenvalue weighted by Gasteiger charge is -2.46. The second-order valence-electron chi connectivity index (χ2n) is 6.62. The Balaban J connectivity index is 2.34. The van der Waals surface area contributed by atoms with E-state index in [-0.39, 0.29) is 5.41 Å². The molecule has 1 aromatic rings. The van der Waals surface area contributed by atoms with Crippen molar-refractivity contribution in [1.29, 1.82) is 0 Å². The zero-order valence-corrected chi connectivity index (χ0v) is 13.4. The average molecular weight is 275 g/mol. The van der Waals surface area contributed by atoms with Crippen molar-refractivity contribution in [2.75, 3.05) is 13.1 Å². The molecule has 1 N–H and O–H groups in total. The number of aromatic hydroxyl groups is 1. The van der Waals surface area contributed by atoms with Crippen LogP contribution in [0.2, 0.25) is 0 Å². The van der Waals surface area contributed by atoms with E-state index in [0.717, 1.165) is 12.8 Å². The molecule has 0 fully saturated rings. The summed E-state index contributed by atoms with van der Waals surface area (Å²) >= 11 is 0. The molecule has 1 atom stereocenters. The van der Waals surface area contributed by atoms with Crippen molar-refractivity contribution in [3.05, 3.63) is 29.3 Å². The van der Waals surface area contributed by atoms with Crippen LogP contribution in [0, 0.1) is 0 Å². The maximum Gasteiger partial charge on any atom is 0.119 e. The number of rotatable bonds is 5. The minimum Gasteiger partial charge on any atom is -0.508 e. The van der Waals surface area contributed by atoms with E-state index in [9.17, 15) is 5.11 Å². The van der Waals surface area contributed by atoms with E-state index in [1.807, 2.05) is 12.1 Å². The van der Waals surface area contributed by atoms with Crippen LogP contribution in [-0.4, -0.2) is 29.1 Å². The first-order valence-corrected chi connectivity index (χ1v) is 8.07. The molecule has 1 aliphatic rings. The quantitative estimate of drug-likeness (QED) is 0.874. The fourth-order valence-corrected chi connectivity index (χ4v) is 3.90. The fourth-order valence-electron chi connectivity index (χ4n) is 3.90. The van der Waals surface area contributed by atoms with Gasteiger partial charge in [0.2, 0.25) is 0 Å². The number of nitrogens with zero attached hydrogens (tertiary/aromatic N) is 1. The van der Waals surface area contributed by atoms with Gasteiger partial charge in [0, 0.05) is 11.5 Å². The maximum atomic E-state index is 10.1. The topological polar surface area (TPSA) is 23.5 Å². The zero-order valence-electron chi connectivity index (χ0n) is 13.4. The molecule has 2 nitrogen and oxygen atoms in total. The van der Waals surface area contributed by atoms with Gasteiger partial charge in [0.05, 0.1) is 0 Å². The van der Waals surface area contributed by atoms with Crippen molar-refractivity contribution >= 4 is 0 Å². The molecule has 112 valence electrons. The molecule has 0 bridgehead atoms. The zero-order chi connectivity index (χ0) is 14.8. The van der Waals surface area contributed by atoms with E-state index in [1.54, 1.807) is 0 Å². The lowest BCUT2D eigenvalue weighted by Crippen LogP contribution is -2.50. The van der Waals surface area contributed by atoms with Gasteiger partial charge in [-0.3, -0.25) is 4.90 Å². The first-order chi connectivity index (χ1) is 9.52. The summed E-state index contributed by atoms with van der Waals surface area (Å²) in [7, 11) is 0. The number of benzene rings is 1. The predicted octanol–water partition coefficient (Wildman–Crippen LogP) is 4.11. The van der Waals surface area contributed by atoms with Gasteiger partial charge in [-0.25, -0.2) is 0 Å². The van der Waals surface area contributed by atoms with Crippen molar-refractivity contribution in [2.24, 2.45) is 0 Å². The van der Waals surface area contributed by atoms with Gasteiger partial charge in [-0.2, -0.15) is 0 Å². The normalized spacial score (nSPS) is 20.9. The molecule has 0 amide bonds. The van der Waals surface area contributed by atoms with Crippen LogP contribution in [-0.2, 0) is 11.8 Å². The van der Waals surface area contributed by atoms with Crippen molar-refractivity contribution in [2.45, 2.75) is 64.8 Å². The van der Waals surface area contributed by atoms with Gasteiger partial charge < -0.3 is 5.11 Å². The largest absolute Gasteiger partial charge is 0.508 e. The monoisotopic (exact) mass is 275 g/mol. The van der Waals surface area contributed by atoms with Gasteiger partial charge in [0.15, 0.2) is 0 Å². The highest BCUT2D eigenvalue weighted by Crippen LogP contribution is 2.42. The smallest absolute Gasteiger partial charge is 0.119 e. The van der Waals surface area contributed by atoms with E-state index in [0.29, 0.717) is 11.8 Å². The molecule has 20 heavy (non-hydrogen) atoms. The van der Waals surface area contributed by atoms with Crippen molar-refractivity contribution in [3.8, 4) is 5.75 Å². The number of hydrogen-bond acceptors (Lipinski definition) is 2. The summed E-state index contributed by atoms with van der Waals surface area (Å²) in [5.41, 5.74) is 2.61. The number of fused-ring (bicyclic) bond motifs is 1. The second-order valence-corrected chi connectivity index (χ2v) is 6.62. The molecule has 1 aliphatic carbocycles. The number of phenols is 1. The molecule has 2 rings (SSSR count). The van der Waals surface area contributed by atoms with Crippen LogP contribution in [0.3, 0.4) is 0 Å². The van der Waals surface area contributed by atoms with Gasteiger partial charge in [0.25, 0.3) is 0 Å². The van der Waals surface area contributed by atoms with Gasteiger partial charge in [-0.15, -0.1) is 0 Å². The van der Waals surface area contributed by atoms with Crippen LogP contribution < -0.4 is 0 Å². The SMILES string of the molecule is CCCN(CCC)C1CCc2c(O)cccc2C1(C)C. The summed E-state index contributed by atoms with van der Waals surface area (Å²) in [6.07, 6.45) is 4.57. The van der Waals surface area contributed by atoms with Crippen LogP contribution in [0.15, 0.2) is 18.2 Å². The molecule has 0 spiro atoms. The molecule has 0 saturated heterocycles. The van der Waals surface area contributed by atoms with Crippen LogP contribution in [0.1, 0.15) is 58.1 Å². The Kier molecular flexibility index (Phi) is 4.74. The van der Waals surface area contributed by atoms with E-state index in [4.69, 9.17) is 0 Å². The minimum atomic E-state index is 0.108. The van der Waals surface area contributed by atoms with E-state index < -0.39 is 0 Å².